The van der Waals surface area contributed by atoms with Gasteiger partial charge in [-0.25, -0.2) is 0 Å². The van der Waals surface area contributed by atoms with Crippen molar-refractivity contribution < 1.29 is 9.59 Å². The summed E-state index contributed by atoms with van der Waals surface area (Å²) in [5.74, 6) is 1.22. The summed E-state index contributed by atoms with van der Waals surface area (Å²) in [7, 11) is 0. The van der Waals surface area contributed by atoms with E-state index in [1.165, 1.54) is 0 Å². The number of hydrogen-bond donors (Lipinski definition) is 0. The molecule has 26 heavy (non-hydrogen) atoms. The molecule has 0 bridgehead atoms. The van der Waals surface area contributed by atoms with E-state index in [2.05, 4.69) is 0 Å². The second-order valence-electron chi connectivity index (χ2n) is 7.15. The molecule has 5 rings (SSSR count). The zero-order valence-electron chi connectivity index (χ0n) is 14.4. The number of amides is 2. The van der Waals surface area contributed by atoms with Gasteiger partial charge in [-0.3, -0.25) is 9.59 Å². The van der Waals surface area contributed by atoms with Crippen molar-refractivity contribution in [2.75, 3.05) is 5.75 Å². The molecular weight excluding hydrogens is 344 g/mol. The summed E-state index contributed by atoms with van der Waals surface area (Å²) in [6.45, 7) is 1.19. The first-order valence-corrected chi connectivity index (χ1v) is 10.2. The summed E-state index contributed by atoms with van der Waals surface area (Å²) < 4.78 is 0. The number of fused-ring (bicyclic) bond motifs is 2. The minimum Gasteiger partial charge on any atom is -0.313 e. The molecule has 3 heterocycles. The van der Waals surface area contributed by atoms with Crippen LogP contribution < -0.4 is 0 Å². The number of rotatable bonds is 3. The highest BCUT2D eigenvalue weighted by Gasteiger charge is 2.45. The Morgan fingerprint density at radius 2 is 1.38 bits per heavy atom. The summed E-state index contributed by atoms with van der Waals surface area (Å²) >= 11 is 1.90. The van der Waals surface area contributed by atoms with E-state index in [-0.39, 0.29) is 23.2 Å². The van der Waals surface area contributed by atoms with Gasteiger partial charge in [-0.05, 0) is 41.9 Å². The van der Waals surface area contributed by atoms with Crippen LogP contribution in [0.3, 0.4) is 0 Å². The van der Waals surface area contributed by atoms with Gasteiger partial charge in [-0.2, -0.15) is 11.8 Å². The highest BCUT2D eigenvalue weighted by Crippen LogP contribution is 2.39. The zero-order valence-corrected chi connectivity index (χ0v) is 15.2. The largest absolute Gasteiger partial charge is 0.313 e. The van der Waals surface area contributed by atoms with Crippen molar-refractivity contribution in [1.29, 1.82) is 0 Å². The van der Waals surface area contributed by atoms with Crippen LogP contribution >= 0.6 is 11.8 Å². The third kappa shape index (κ3) is 2.37. The third-order valence-corrected chi connectivity index (χ3v) is 7.07. The van der Waals surface area contributed by atoms with Crippen LogP contribution in [0.4, 0.5) is 0 Å². The van der Waals surface area contributed by atoms with Crippen LogP contribution in [-0.4, -0.2) is 38.8 Å². The van der Waals surface area contributed by atoms with E-state index >= 15 is 0 Å². The van der Waals surface area contributed by atoms with Gasteiger partial charge in [0.2, 0.25) is 0 Å². The molecular formula is C21H20N2O2S. The lowest BCUT2D eigenvalue weighted by Gasteiger charge is -2.38. The fraction of sp³-hybridized carbons (Fsp3) is 0.333. The second-order valence-corrected chi connectivity index (χ2v) is 8.49. The van der Waals surface area contributed by atoms with Crippen molar-refractivity contribution in [1.82, 2.24) is 9.80 Å². The lowest BCUT2D eigenvalue weighted by atomic mass is 10.1. The van der Waals surface area contributed by atoms with E-state index in [0.717, 1.165) is 40.8 Å². The summed E-state index contributed by atoms with van der Waals surface area (Å²) in [6, 6.07) is 15.6. The zero-order chi connectivity index (χ0) is 17.7. The fourth-order valence-corrected chi connectivity index (χ4v) is 5.82. The van der Waals surface area contributed by atoms with E-state index in [4.69, 9.17) is 0 Å². The molecule has 132 valence electrons. The molecule has 2 aromatic rings. The minimum absolute atomic E-state index is 0.0573. The first-order valence-electron chi connectivity index (χ1n) is 9.13. The molecule has 2 aromatic carbocycles. The molecule has 3 aliphatic heterocycles. The van der Waals surface area contributed by atoms with E-state index in [1.54, 1.807) is 0 Å². The molecule has 0 unspecified atom stereocenters. The highest BCUT2D eigenvalue weighted by atomic mass is 32.2. The summed E-state index contributed by atoms with van der Waals surface area (Å²) in [5.41, 5.74) is 3.69. The summed E-state index contributed by atoms with van der Waals surface area (Å²) in [6.07, 6.45) is 2.02. The average molecular weight is 364 g/mol. The van der Waals surface area contributed by atoms with E-state index in [0.29, 0.717) is 13.1 Å². The molecule has 1 saturated heterocycles. The van der Waals surface area contributed by atoms with Crippen LogP contribution in [0.2, 0.25) is 0 Å². The topological polar surface area (TPSA) is 40.6 Å². The minimum atomic E-state index is -0.178. The molecule has 5 heteroatoms. The van der Waals surface area contributed by atoms with Crippen LogP contribution in [0.5, 0.6) is 0 Å². The molecule has 0 saturated carbocycles. The van der Waals surface area contributed by atoms with Gasteiger partial charge in [0.1, 0.15) is 6.17 Å². The van der Waals surface area contributed by atoms with Crippen molar-refractivity contribution in [3.8, 4) is 0 Å². The number of carbonyl (C=O) groups excluding carboxylic acids is 2. The molecule has 0 spiro atoms. The molecule has 0 aromatic heterocycles. The number of carbonyl (C=O) groups is 2. The van der Waals surface area contributed by atoms with Crippen molar-refractivity contribution in [2.24, 2.45) is 0 Å². The van der Waals surface area contributed by atoms with Gasteiger partial charge in [0, 0.05) is 29.5 Å². The Morgan fingerprint density at radius 1 is 0.846 bits per heavy atom. The predicted octanol–water partition coefficient (Wildman–Crippen LogP) is 3.52. The molecule has 0 aliphatic carbocycles. The molecule has 0 radical (unpaired) electrons. The van der Waals surface area contributed by atoms with Crippen LogP contribution in [0.1, 0.15) is 44.7 Å². The summed E-state index contributed by atoms with van der Waals surface area (Å²) in [5, 5.41) is 0.284. The second kappa shape index (κ2) is 6.16. The maximum Gasteiger partial charge on any atom is 0.256 e. The van der Waals surface area contributed by atoms with Gasteiger partial charge in [0.25, 0.3) is 11.8 Å². The van der Waals surface area contributed by atoms with E-state index < -0.39 is 0 Å². The Kier molecular flexibility index (Phi) is 3.78. The predicted molar refractivity (Wildman–Crippen MR) is 102 cm³/mol. The van der Waals surface area contributed by atoms with Crippen molar-refractivity contribution in [3.63, 3.8) is 0 Å². The first-order chi connectivity index (χ1) is 12.7. The normalized spacial score (nSPS) is 21.7. The van der Waals surface area contributed by atoms with Crippen molar-refractivity contribution in [2.45, 2.75) is 37.3 Å². The van der Waals surface area contributed by atoms with Gasteiger partial charge in [-0.15, -0.1) is 0 Å². The first kappa shape index (κ1) is 15.9. The third-order valence-electron chi connectivity index (χ3n) is 5.63. The van der Waals surface area contributed by atoms with Gasteiger partial charge in [-0.1, -0.05) is 36.4 Å². The maximum atomic E-state index is 13.1. The number of benzene rings is 2. The molecule has 1 atom stereocenters. The molecule has 1 fully saturated rings. The van der Waals surface area contributed by atoms with Gasteiger partial charge in [0.05, 0.1) is 0 Å². The lowest BCUT2D eigenvalue weighted by molar-refractivity contribution is 0.0283. The Labute approximate surface area is 157 Å². The fourth-order valence-electron chi connectivity index (χ4n) is 4.39. The Morgan fingerprint density at radius 3 is 1.85 bits per heavy atom. The smallest absolute Gasteiger partial charge is 0.256 e. The van der Waals surface area contributed by atoms with Crippen LogP contribution in [-0.2, 0) is 13.1 Å². The molecule has 2 amide bonds. The Balaban J connectivity index is 1.52. The molecule has 3 aliphatic rings. The quantitative estimate of drug-likeness (QED) is 0.837. The molecule has 0 N–H and O–H groups in total. The Hall–Kier alpha value is -2.27. The summed E-state index contributed by atoms with van der Waals surface area (Å²) in [4.78, 5) is 30.1. The number of nitrogens with zero attached hydrogens (tertiary/aromatic N) is 2. The lowest BCUT2D eigenvalue weighted by Crippen LogP contribution is -2.53. The van der Waals surface area contributed by atoms with Crippen molar-refractivity contribution in [3.05, 3.63) is 70.8 Å². The van der Waals surface area contributed by atoms with Crippen LogP contribution in [0.15, 0.2) is 48.5 Å². The van der Waals surface area contributed by atoms with Gasteiger partial charge >= 0.3 is 0 Å². The standard InChI is InChI=1S/C21H20N2O2S/c24-20-16-8-3-1-6-14(16)12-22(20)19(18-10-5-11-26-18)23-13-15-7-2-4-9-17(15)21(23)25/h1-4,6-9,18-19H,5,10-13H2/t18-/m1/s1. The molecule has 4 nitrogen and oxygen atoms in total. The van der Waals surface area contributed by atoms with Crippen LogP contribution in [0.25, 0.3) is 0 Å². The van der Waals surface area contributed by atoms with E-state index in [9.17, 15) is 9.59 Å². The maximum absolute atomic E-state index is 13.1. The SMILES string of the molecule is O=C1c2ccccc2CN1C([C@H]1CCCS1)N1Cc2ccccc2C1=O. The highest BCUT2D eigenvalue weighted by molar-refractivity contribution is 8.00. The monoisotopic (exact) mass is 364 g/mol. The average Bonchev–Trinajstić information content (AvgIpc) is 3.38. The number of hydrogen-bond acceptors (Lipinski definition) is 3. The van der Waals surface area contributed by atoms with Gasteiger partial charge < -0.3 is 9.80 Å². The van der Waals surface area contributed by atoms with Crippen molar-refractivity contribution >= 4 is 23.6 Å². The number of thioether (sulfide) groups is 1. The van der Waals surface area contributed by atoms with E-state index in [1.807, 2.05) is 70.1 Å². The van der Waals surface area contributed by atoms with Gasteiger partial charge in [0.15, 0.2) is 0 Å². The van der Waals surface area contributed by atoms with Crippen LogP contribution in [0, 0.1) is 0 Å². The Bertz CT molecular complexity index is 826.